The van der Waals surface area contributed by atoms with Gasteiger partial charge in [-0.15, -0.1) is 0 Å². The van der Waals surface area contributed by atoms with Crippen LogP contribution in [0, 0.1) is 17.2 Å². The summed E-state index contributed by atoms with van der Waals surface area (Å²) in [5, 5.41) is 12.7. The molecule has 1 saturated heterocycles. The Kier molecular flexibility index (Phi) is 7.55. The lowest BCUT2D eigenvalue weighted by Gasteiger charge is -2.36. The summed E-state index contributed by atoms with van der Waals surface area (Å²) in [4.78, 5) is 2.63. The number of nitrogens with one attached hydrogen (secondary N) is 1. The Morgan fingerprint density at radius 1 is 1.35 bits per heavy atom. The van der Waals surface area contributed by atoms with Gasteiger partial charge in [-0.2, -0.15) is 5.26 Å². The maximum Gasteiger partial charge on any atom is 0.103 e. The monoisotopic (exact) mass is 279 g/mol. The average Bonchev–Trinajstić information content (AvgIpc) is 2.43. The summed E-state index contributed by atoms with van der Waals surface area (Å²) in [5.41, 5.74) is -0.335. The van der Waals surface area contributed by atoms with E-state index in [9.17, 15) is 5.26 Å². The Balaban J connectivity index is 2.22. The van der Waals surface area contributed by atoms with Crippen molar-refractivity contribution in [3.8, 4) is 6.07 Å². The fourth-order valence-electron chi connectivity index (χ4n) is 3.17. The molecule has 1 aliphatic rings. The van der Waals surface area contributed by atoms with Crippen LogP contribution < -0.4 is 5.32 Å². The third kappa shape index (κ3) is 5.81. The first-order valence-electron chi connectivity index (χ1n) is 8.41. The van der Waals surface area contributed by atoms with Crippen molar-refractivity contribution in [3.05, 3.63) is 0 Å². The van der Waals surface area contributed by atoms with Gasteiger partial charge < -0.3 is 4.90 Å². The van der Waals surface area contributed by atoms with Gasteiger partial charge in [0.15, 0.2) is 0 Å². The van der Waals surface area contributed by atoms with E-state index in [4.69, 9.17) is 0 Å². The topological polar surface area (TPSA) is 39.1 Å². The van der Waals surface area contributed by atoms with E-state index in [0.29, 0.717) is 0 Å². The fraction of sp³-hybridized carbons (Fsp3) is 0.941. The standard InChI is InChI=1S/C17H33N3/c1-5-10-19-17(4,14-18)9-6-7-11-20-12-8-15(2)13-16(20)3/h15-16,19H,5-13H2,1-4H3. The Morgan fingerprint density at radius 2 is 2.10 bits per heavy atom. The van der Waals surface area contributed by atoms with E-state index in [1.807, 2.05) is 6.92 Å². The van der Waals surface area contributed by atoms with Gasteiger partial charge in [0.05, 0.1) is 6.07 Å². The first-order valence-corrected chi connectivity index (χ1v) is 8.41. The maximum atomic E-state index is 9.31. The highest BCUT2D eigenvalue weighted by Crippen LogP contribution is 2.22. The van der Waals surface area contributed by atoms with E-state index >= 15 is 0 Å². The van der Waals surface area contributed by atoms with Crippen LogP contribution in [0.2, 0.25) is 0 Å². The van der Waals surface area contributed by atoms with E-state index in [0.717, 1.165) is 37.8 Å². The quantitative estimate of drug-likeness (QED) is 0.691. The van der Waals surface area contributed by atoms with Crippen molar-refractivity contribution < 1.29 is 0 Å². The summed E-state index contributed by atoms with van der Waals surface area (Å²) in [5.74, 6) is 0.890. The molecule has 0 saturated carbocycles. The molecule has 0 aromatic carbocycles. The number of nitrogens with zero attached hydrogens (tertiary/aromatic N) is 2. The summed E-state index contributed by atoms with van der Waals surface area (Å²) >= 11 is 0. The lowest BCUT2D eigenvalue weighted by Crippen LogP contribution is -2.42. The number of piperidine rings is 1. The lowest BCUT2D eigenvalue weighted by molar-refractivity contribution is 0.126. The molecule has 1 aliphatic heterocycles. The van der Waals surface area contributed by atoms with Gasteiger partial charge in [-0.05, 0) is 77.9 Å². The highest BCUT2D eigenvalue weighted by Gasteiger charge is 2.24. The number of rotatable bonds is 8. The zero-order valence-electron chi connectivity index (χ0n) is 13.9. The molecule has 0 aromatic heterocycles. The zero-order valence-corrected chi connectivity index (χ0v) is 13.9. The van der Waals surface area contributed by atoms with Gasteiger partial charge in [-0.1, -0.05) is 13.8 Å². The first kappa shape index (κ1) is 17.5. The summed E-state index contributed by atoms with van der Waals surface area (Å²) < 4.78 is 0. The molecule has 3 nitrogen and oxygen atoms in total. The molecule has 3 heteroatoms. The van der Waals surface area contributed by atoms with Gasteiger partial charge in [0.2, 0.25) is 0 Å². The molecular formula is C17H33N3. The number of hydrogen-bond acceptors (Lipinski definition) is 3. The third-order valence-electron chi connectivity index (χ3n) is 4.66. The van der Waals surface area contributed by atoms with Crippen LogP contribution in [-0.2, 0) is 0 Å². The van der Waals surface area contributed by atoms with Crippen molar-refractivity contribution in [2.45, 2.75) is 77.8 Å². The van der Waals surface area contributed by atoms with Crippen molar-refractivity contribution in [2.75, 3.05) is 19.6 Å². The molecule has 20 heavy (non-hydrogen) atoms. The van der Waals surface area contributed by atoms with Gasteiger partial charge in [0.1, 0.15) is 5.54 Å². The normalized spacial score (nSPS) is 26.9. The van der Waals surface area contributed by atoms with Crippen LogP contribution in [0.1, 0.15) is 66.2 Å². The Bertz CT molecular complexity index is 310. The van der Waals surface area contributed by atoms with Crippen molar-refractivity contribution in [1.82, 2.24) is 10.2 Å². The minimum absolute atomic E-state index is 0.335. The Morgan fingerprint density at radius 3 is 2.70 bits per heavy atom. The van der Waals surface area contributed by atoms with Crippen LogP contribution in [0.25, 0.3) is 0 Å². The second-order valence-corrected chi connectivity index (χ2v) is 6.84. The molecule has 3 atom stereocenters. The molecule has 0 spiro atoms. The van der Waals surface area contributed by atoms with Crippen LogP contribution >= 0.6 is 0 Å². The van der Waals surface area contributed by atoms with E-state index < -0.39 is 0 Å². The molecular weight excluding hydrogens is 246 g/mol. The van der Waals surface area contributed by atoms with Crippen molar-refractivity contribution >= 4 is 0 Å². The minimum atomic E-state index is -0.335. The SMILES string of the molecule is CCCNC(C)(C#N)CCCCN1CCC(C)CC1C. The number of nitriles is 1. The molecule has 0 aliphatic carbocycles. The van der Waals surface area contributed by atoms with Crippen LogP contribution in [0.5, 0.6) is 0 Å². The molecule has 3 unspecified atom stereocenters. The van der Waals surface area contributed by atoms with Gasteiger partial charge in [-0.25, -0.2) is 0 Å². The fourth-order valence-corrected chi connectivity index (χ4v) is 3.17. The Hall–Kier alpha value is -0.590. The van der Waals surface area contributed by atoms with Gasteiger partial charge >= 0.3 is 0 Å². The molecule has 0 aromatic rings. The number of unbranched alkanes of at least 4 members (excludes halogenated alkanes) is 1. The second-order valence-electron chi connectivity index (χ2n) is 6.84. The summed E-state index contributed by atoms with van der Waals surface area (Å²) in [6.07, 6.45) is 7.08. The molecule has 0 amide bonds. The molecule has 1 rings (SSSR count). The molecule has 0 radical (unpaired) electrons. The predicted molar refractivity (Wildman–Crippen MR) is 85.6 cm³/mol. The smallest absolute Gasteiger partial charge is 0.103 e. The largest absolute Gasteiger partial charge is 0.301 e. The number of likely N-dealkylation sites (tertiary alicyclic amines) is 1. The van der Waals surface area contributed by atoms with Crippen LogP contribution in [0.4, 0.5) is 0 Å². The average molecular weight is 279 g/mol. The van der Waals surface area contributed by atoms with Crippen molar-refractivity contribution in [1.29, 1.82) is 5.26 Å². The molecule has 116 valence electrons. The van der Waals surface area contributed by atoms with Crippen LogP contribution in [-0.4, -0.2) is 36.1 Å². The van der Waals surface area contributed by atoms with Crippen LogP contribution in [0.3, 0.4) is 0 Å². The van der Waals surface area contributed by atoms with E-state index in [1.54, 1.807) is 0 Å². The highest BCUT2D eigenvalue weighted by molar-refractivity contribution is 5.03. The van der Waals surface area contributed by atoms with E-state index in [2.05, 4.69) is 37.1 Å². The zero-order chi connectivity index (χ0) is 15.0. The predicted octanol–water partition coefficient (Wildman–Crippen LogP) is 3.56. The summed E-state index contributed by atoms with van der Waals surface area (Å²) in [7, 11) is 0. The minimum Gasteiger partial charge on any atom is -0.301 e. The van der Waals surface area contributed by atoms with Gasteiger partial charge in [0.25, 0.3) is 0 Å². The molecule has 1 N–H and O–H groups in total. The molecule has 0 bridgehead atoms. The summed E-state index contributed by atoms with van der Waals surface area (Å²) in [6.45, 7) is 12.3. The summed E-state index contributed by atoms with van der Waals surface area (Å²) in [6, 6.07) is 3.18. The van der Waals surface area contributed by atoms with Crippen LogP contribution in [0.15, 0.2) is 0 Å². The van der Waals surface area contributed by atoms with Gasteiger partial charge in [-0.3, -0.25) is 5.32 Å². The third-order valence-corrected chi connectivity index (χ3v) is 4.66. The van der Waals surface area contributed by atoms with Crippen molar-refractivity contribution in [3.63, 3.8) is 0 Å². The second kappa shape index (κ2) is 8.64. The van der Waals surface area contributed by atoms with E-state index in [-0.39, 0.29) is 5.54 Å². The lowest BCUT2D eigenvalue weighted by atomic mass is 9.92. The number of hydrogen-bond donors (Lipinski definition) is 1. The van der Waals surface area contributed by atoms with Crippen molar-refractivity contribution in [2.24, 2.45) is 5.92 Å². The highest BCUT2D eigenvalue weighted by atomic mass is 15.2. The van der Waals surface area contributed by atoms with Gasteiger partial charge in [0, 0.05) is 6.04 Å². The Labute approximate surface area is 125 Å². The maximum absolute atomic E-state index is 9.31. The molecule has 1 fully saturated rings. The first-order chi connectivity index (χ1) is 9.50. The van der Waals surface area contributed by atoms with E-state index in [1.165, 1.54) is 32.4 Å². The molecule has 1 heterocycles.